The minimum atomic E-state index is -0.493. The fourth-order valence-electron chi connectivity index (χ4n) is 2.04. The fraction of sp³-hybridized carbons (Fsp3) is 0.400. The molecule has 0 aliphatic heterocycles. The number of nitrogens with two attached hydrogens (primary N) is 1. The van der Waals surface area contributed by atoms with E-state index in [4.69, 9.17) is 22.1 Å². The van der Waals surface area contributed by atoms with Gasteiger partial charge in [-0.05, 0) is 31.5 Å². The number of carbonyl (C=O) groups excluding carboxylic acids is 1. The first-order chi connectivity index (χ1) is 10.9. The Bertz CT molecular complexity index is 778. The van der Waals surface area contributed by atoms with Crippen LogP contribution in [0.4, 0.5) is 0 Å². The van der Waals surface area contributed by atoms with Gasteiger partial charge in [0.2, 0.25) is 5.91 Å². The van der Waals surface area contributed by atoms with Crippen LogP contribution in [0.3, 0.4) is 0 Å². The molecule has 0 saturated heterocycles. The first-order valence-electron chi connectivity index (χ1n) is 7.09. The molecule has 0 aliphatic rings. The second kappa shape index (κ2) is 7.81. The van der Waals surface area contributed by atoms with Crippen LogP contribution < -0.4 is 11.3 Å². The summed E-state index contributed by atoms with van der Waals surface area (Å²) in [4.78, 5) is 28.5. The van der Waals surface area contributed by atoms with Gasteiger partial charge in [0.25, 0.3) is 5.56 Å². The molecule has 8 heteroatoms. The fourth-order valence-corrected chi connectivity index (χ4v) is 3.10. The summed E-state index contributed by atoms with van der Waals surface area (Å²) in [6.07, 6.45) is 0.662. The van der Waals surface area contributed by atoms with Crippen molar-refractivity contribution in [3.8, 4) is 0 Å². The van der Waals surface area contributed by atoms with Gasteiger partial charge in [-0.1, -0.05) is 23.4 Å². The van der Waals surface area contributed by atoms with Crippen LogP contribution in [0.15, 0.2) is 28.2 Å². The van der Waals surface area contributed by atoms with E-state index in [1.165, 1.54) is 0 Å². The van der Waals surface area contributed by atoms with Crippen molar-refractivity contribution in [2.75, 3.05) is 13.7 Å². The van der Waals surface area contributed by atoms with E-state index in [1.54, 1.807) is 36.8 Å². The second-order valence-corrected chi connectivity index (χ2v) is 6.77. The van der Waals surface area contributed by atoms with Crippen LogP contribution in [0.25, 0.3) is 10.9 Å². The van der Waals surface area contributed by atoms with Gasteiger partial charge in [-0.15, -0.1) is 0 Å². The number of nitrogens with zero attached hydrogens (tertiary/aromatic N) is 2. The van der Waals surface area contributed by atoms with E-state index >= 15 is 0 Å². The Kier molecular flexibility index (Phi) is 6.04. The lowest BCUT2D eigenvalue weighted by molar-refractivity contribution is -0.117. The Balaban J connectivity index is 2.52. The maximum Gasteiger partial charge on any atom is 0.262 e. The molecule has 0 aliphatic carbocycles. The summed E-state index contributed by atoms with van der Waals surface area (Å²) in [5.41, 5.74) is 5.65. The number of aromatic nitrogens is 2. The molecule has 1 aromatic carbocycles. The molecule has 0 saturated carbocycles. The smallest absolute Gasteiger partial charge is 0.262 e. The van der Waals surface area contributed by atoms with Gasteiger partial charge >= 0.3 is 0 Å². The Morgan fingerprint density at radius 3 is 2.91 bits per heavy atom. The summed E-state index contributed by atoms with van der Waals surface area (Å²) in [7, 11) is 1.61. The first kappa shape index (κ1) is 17.8. The monoisotopic (exact) mass is 355 g/mol. The predicted molar refractivity (Wildman–Crippen MR) is 92.0 cm³/mol. The molecule has 1 amide bonds. The number of carbonyl (C=O) groups is 1. The molecule has 0 fully saturated rings. The summed E-state index contributed by atoms with van der Waals surface area (Å²) in [5, 5.41) is 0.947. The van der Waals surface area contributed by atoms with E-state index in [1.807, 2.05) is 0 Å². The van der Waals surface area contributed by atoms with Crippen molar-refractivity contribution < 1.29 is 9.53 Å². The molecule has 1 heterocycles. The van der Waals surface area contributed by atoms with Crippen molar-refractivity contribution in [3.63, 3.8) is 0 Å². The van der Waals surface area contributed by atoms with E-state index in [0.717, 1.165) is 11.8 Å². The number of ether oxygens (including phenoxy) is 1. The lowest BCUT2D eigenvalue weighted by Gasteiger charge is -2.15. The number of fused-ring (bicyclic) bond motifs is 1. The molecular formula is C15H18ClN3O3S. The normalized spacial score (nSPS) is 12.5. The van der Waals surface area contributed by atoms with Crippen LogP contribution in [0.1, 0.15) is 13.3 Å². The summed E-state index contributed by atoms with van der Waals surface area (Å²) in [6.45, 7) is 2.66. The van der Waals surface area contributed by atoms with Gasteiger partial charge in [0.1, 0.15) is 0 Å². The van der Waals surface area contributed by atoms with Crippen molar-refractivity contribution in [1.82, 2.24) is 9.55 Å². The van der Waals surface area contributed by atoms with Crippen molar-refractivity contribution in [1.29, 1.82) is 0 Å². The number of rotatable bonds is 7. The van der Waals surface area contributed by atoms with E-state index in [2.05, 4.69) is 4.98 Å². The van der Waals surface area contributed by atoms with Crippen LogP contribution >= 0.6 is 23.4 Å². The summed E-state index contributed by atoms with van der Waals surface area (Å²) in [6, 6.07) is 4.95. The number of methoxy groups -OCH3 is 1. The summed E-state index contributed by atoms with van der Waals surface area (Å²) >= 11 is 7.14. The lowest BCUT2D eigenvalue weighted by Crippen LogP contribution is -2.27. The van der Waals surface area contributed by atoms with Gasteiger partial charge in [-0.25, -0.2) is 4.98 Å². The van der Waals surface area contributed by atoms with Crippen LogP contribution in [0, 0.1) is 0 Å². The second-order valence-electron chi connectivity index (χ2n) is 5.02. The van der Waals surface area contributed by atoms with Crippen LogP contribution in [0.2, 0.25) is 5.02 Å². The van der Waals surface area contributed by atoms with Gasteiger partial charge in [-0.3, -0.25) is 14.2 Å². The summed E-state index contributed by atoms with van der Waals surface area (Å²) < 4.78 is 6.59. The van der Waals surface area contributed by atoms with E-state index in [9.17, 15) is 9.59 Å². The average Bonchev–Trinajstić information content (AvgIpc) is 2.49. The Hall–Kier alpha value is -1.57. The molecule has 0 spiro atoms. The number of thioether (sulfide) groups is 1. The highest BCUT2D eigenvalue weighted by Crippen LogP contribution is 2.23. The quantitative estimate of drug-likeness (QED) is 0.466. The topological polar surface area (TPSA) is 87.2 Å². The molecule has 2 aromatic rings. The molecule has 0 unspecified atom stereocenters. The van der Waals surface area contributed by atoms with E-state index in [-0.39, 0.29) is 5.56 Å². The lowest BCUT2D eigenvalue weighted by atomic mass is 10.2. The Morgan fingerprint density at radius 1 is 1.52 bits per heavy atom. The number of amides is 1. The van der Waals surface area contributed by atoms with E-state index in [0.29, 0.717) is 40.7 Å². The molecular weight excluding hydrogens is 338 g/mol. The third kappa shape index (κ3) is 4.25. The maximum absolute atomic E-state index is 12.7. The minimum absolute atomic E-state index is 0.165. The number of halogens is 1. The largest absolute Gasteiger partial charge is 0.385 e. The van der Waals surface area contributed by atoms with Crippen LogP contribution in [-0.2, 0) is 16.1 Å². The van der Waals surface area contributed by atoms with Crippen LogP contribution in [0.5, 0.6) is 0 Å². The number of primary amides is 1. The molecule has 124 valence electrons. The van der Waals surface area contributed by atoms with Crippen molar-refractivity contribution in [2.24, 2.45) is 5.73 Å². The zero-order valence-electron chi connectivity index (χ0n) is 12.9. The third-order valence-corrected chi connectivity index (χ3v) is 4.64. The first-order valence-corrected chi connectivity index (χ1v) is 8.34. The van der Waals surface area contributed by atoms with Gasteiger partial charge in [0, 0.05) is 25.3 Å². The van der Waals surface area contributed by atoms with Gasteiger partial charge < -0.3 is 10.5 Å². The van der Waals surface area contributed by atoms with Crippen molar-refractivity contribution in [3.05, 3.63) is 33.6 Å². The Morgan fingerprint density at radius 2 is 2.26 bits per heavy atom. The van der Waals surface area contributed by atoms with Gasteiger partial charge in [0.05, 0.1) is 16.2 Å². The predicted octanol–water partition coefficient (Wildman–Crippen LogP) is 2.05. The molecule has 6 nitrogen and oxygen atoms in total. The zero-order valence-corrected chi connectivity index (χ0v) is 14.5. The minimum Gasteiger partial charge on any atom is -0.385 e. The highest BCUT2D eigenvalue weighted by atomic mass is 35.5. The third-order valence-electron chi connectivity index (χ3n) is 3.30. The maximum atomic E-state index is 12.7. The van der Waals surface area contributed by atoms with Crippen LogP contribution in [-0.4, -0.2) is 34.4 Å². The molecule has 0 bridgehead atoms. The van der Waals surface area contributed by atoms with Gasteiger partial charge in [-0.2, -0.15) is 0 Å². The standard InChI is InChI=1S/C15H18ClN3O3S/c1-9(13(17)20)23-15-18-12-8-10(16)4-5-11(12)14(21)19(15)6-3-7-22-2/h4-5,8-9H,3,6-7H2,1-2H3,(H2,17,20)/t9-/m0/s1. The van der Waals surface area contributed by atoms with Crippen molar-refractivity contribution >= 4 is 40.2 Å². The molecule has 0 radical (unpaired) electrons. The molecule has 1 atom stereocenters. The molecule has 2 N–H and O–H groups in total. The average molecular weight is 356 g/mol. The number of hydrogen-bond donors (Lipinski definition) is 1. The number of benzene rings is 1. The number of hydrogen-bond acceptors (Lipinski definition) is 5. The van der Waals surface area contributed by atoms with Crippen molar-refractivity contribution in [2.45, 2.75) is 30.3 Å². The molecule has 1 aromatic heterocycles. The molecule has 23 heavy (non-hydrogen) atoms. The highest BCUT2D eigenvalue weighted by Gasteiger charge is 2.17. The SMILES string of the molecule is COCCCn1c(S[C@@H](C)C(N)=O)nc2cc(Cl)ccc2c1=O. The molecule has 2 rings (SSSR count). The highest BCUT2D eigenvalue weighted by molar-refractivity contribution is 8.00. The Labute approximate surface area is 143 Å². The van der Waals surface area contributed by atoms with Gasteiger partial charge in [0.15, 0.2) is 5.16 Å². The summed E-state index contributed by atoms with van der Waals surface area (Å²) in [5.74, 6) is -0.459. The zero-order chi connectivity index (χ0) is 17.0. The van der Waals surface area contributed by atoms with E-state index < -0.39 is 11.2 Å².